The van der Waals surface area contributed by atoms with Crippen LogP contribution in [-0.2, 0) is 0 Å². The quantitative estimate of drug-likeness (QED) is 0.524. The molecular formula is C9H9N3O2. The average molecular weight is 191 g/mol. The Balaban J connectivity index is 2.57. The number of nitrogen functional groups attached to an aromatic ring is 1. The van der Waals surface area contributed by atoms with Gasteiger partial charge in [0.2, 0.25) is 0 Å². The molecule has 72 valence electrons. The van der Waals surface area contributed by atoms with Crippen molar-refractivity contribution in [1.29, 1.82) is 0 Å². The largest absolute Gasteiger partial charge is 0.505 e. The molecule has 0 radical (unpaired) electrons. The van der Waals surface area contributed by atoms with Crippen LogP contribution in [0.25, 0.3) is 11.5 Å². The summed E-state index contributed by atoms with van der Waals surface area (Å²) in [6, 6.07) is 4.98. The van der Waals surface area contributed by atoms with Crippen molar-refractivity contribution in [3.05, 3.63) is 24.0 Å². The summed E-state index contributed by atoms with van der Waals surface area (Å²) in [4.78, 5) is 3.99. The standard InChI is InChI=1S/C9H9N3O2/c1-5-11-9(14-12-5)6-3-2-4-7(10)8(6)13/h2-4,13H,10H2,1H3. The Hall–Kier alpha value is -2.04. The number of aromatic nitrogens is 2. The van der Waals surface area contributed by atoms with Crippen LogP contribution in [-0.4, -0.2) is 15.2 Å². The van der Waals surface area contributed by atoms with Crippen LogP contribution in [0.3, 0.4) is 0 Å². The van der Waals surface area contributed by atoms with Gasteiger partial charge in [0.15, 0.2) is 11.6 Å². The molecule has 5 heteroatoms. The molecule has 0 aliphatic carbocycles. The molecule has 0 spiro atoms. The summed E-state index contributed by atoms with van der Waals surface area (Å²) in [6.45, 7) is 1.70. The van der Waals surface area contributed by atoms with Crippen LogP contribution in [0.2, 0.25) is 0 Å². The van der Waals surface area contributed by atoms with E-state index >= 15 is 0 Å². The summed E-state index contributed by atoms with van der Waals surface area (Å²) in [5, 5.41) is 13.2. The average Bonchev–Trinajstić information content (AvgIpc) is 2.57. The first-order chi connectivity index (χ1) is 6.68. The van der Waals surface area contributed by atoms with Gasteiger partial charge in [0.25, 0.3) is 5.89 Å². The highest BCUT2D eigenvalue weighted by atomic mass is 16.5. The van der Waals surface area contributed by atoms with Gasteiger partial charge < -0.3 is 15.4 Å². The first-order valence-electron chi connectivity index (χ1n) is 4.06. The molecule has 5 nitrogen and oxygen atoms in total. The first kappa shape index (κ1) is 8.55. The maximum atomic E-state index is 9.61. The second-order valence-electron chi connectivity index (χ2n) is 2.89. The second-order valence-corrected chi connectivity index (χ2v) is 2.89. The van der Waals surface area contributed by atoms with Gasteiger partial charge in [-0.2, -0.15) is 4.98 Å². The Labute approximate surface area is 80.2 Å². The lowest BCUT2D eigenvalue weighted by Gasteiger charge is -2.01. The van der Waals surface area contributed by atoms with Crippen molar-refractivity contribution in [2.24, 2.45) is 0 Å². The zero-order chi connectivity index (χ0) is 10.1. The molecule has 3 N–H and O–H groups in total. The van der Waals surface area contributed by atoms with Crippen LogP contribution < -0.4 is 5.73 Å². The summed E-state index contributed by atoms with van der Waals surface area (Å²) in [5.41, 5.74) is 6.26. The van der Waals surface area contributed by atoms with Crippen molar-refractivity contribution in [1.82, 2.24) is 10.1 Å². The van der Waals surface area contributed by atoms with Gasteiger partial charge in [-0.3, -0.25) is 0 Å². The van der Waals surface area contributed by atoms with Crippen LogP contribution in [0, 0.1) is 6.92 Å². The van der Waals surface area contributed by atoms with E-state index < -0.39 is 0 Å². The summed E-state index contributed by atoms with van der Waals surface area (Å²) >= 11 is 0. The Morgan fingerprint density at radius 1 is 1.43 bits per heavy atom. The number of benzene rings is 1. The number of hydrogen-bond acceptors (Lipinski definition) is 5. The van der Waals surface area contributed by atoms with Gasteiger partial charge in [-0.1, -0.05) is 11.2 Å². The number of nitrogens with zero attached hydrogens (tertiary/aromatic N) is 2. The van der Waals surface area contributed by atoms with E-state index in [0.717, 1.165) is 0 Å². The van der Waals surface area contributed by atoms with Gasteiger partial charge in [0.1, 0.15) is 0 Å². The van der Waals surface area contributed by atoms with E-state index in [0.29, 0.717) is 17.1 Å². The highest BCUT2D eigenvalue weighted by molar-refractivity contribution is 5.71. The van der Waals surface area contributed by atoms with E-state index in [1.165, 1.54) is 0 Å². The minimum atomic E-state index is -0.0313. The van der Waals surface area contributed by atoms with Gasteiger partial charge in [0, 0.05) is 0 Å². The molecule has 2 rings (SSSR count). The number of anilines is 1. The molecule has 0 amide bonds. The molecule has 0 atom stereocenters. The van der Waals surface area contributed by atoms with Crippen LogP contribution in [0.1, 0.15) is 5.82 Å². The third-order valence-electron chi connectivity index (χ3n) is 1.83. The second kappa shape index (κ2) is 3.02. The number of rotatable bonds is 1. The van der Waals surface area contributed by atoms with Crippen LogP contribution in [0.4, 0.5) is 5.69 Å². The first-order valence-corrected chi connectivity index (χ1v) is 4.06. The van der Waals surface area contributed by atoms with Crippen molar-refractivity contribution in [2.45, 2.75) is 6.92 Å². The molecule has 0 fully saturated rings. The van der Waals surface area contributed by atoms with E-state index in [4.69, 9.17) is 10.3 Å². The minimum Gasteiger partial charge on any atom is -0.505 e. The van der Waals surface area contributed by atoms with Crippen LogP contribution in [0.15, 0.2) is 22.7 Å². The lowest BCUT2D eigenvalue weighted by Crippen LogP contribution is -1.87. The summed E-state index contributed by atoms with van der Waals surface area (Å²) < 4.78 is 4.91. The minimum absolute atomic E-state index is 0.0313. The third-order valence-corrected chi connectivity index (χ3v) is 1.83. The molecule has 2 aromatic rings. The number of hydrogen-bond donors (Lipinski definition) is 2. The molecule has 1 aromatic heterocycles. The van der Waals surface area contributed by atoms with E-state index in [1.807, 2.05) is 0 Å². The molecule has 14 heavy (non-hydrogen) atoms. The number of aromatic hydroxyl groups is 1. The molecule has 0 saturated carbocycles. The Morgan fingerprint density at radius 2 is 2.21 bits per heavy atom. The van der Waals surface area contributed by atoms with Gasteiger partial charge in [-0.15, -0.1) is 0 Å². The van der Waals surface area contributed by atoms with Gasteiger partial charge in [-0.25, -0.2) is 0 Å². The van der Waals surface area contributed by atoms with Crippen molar-refractivity contribution in [3.8, 4) is 17.2 Å². The predicted octanol–water partition coefficient (Wildman–Crippen LogP) is 1.33. The molecule has 0 aliphatic heterocycles. The molecular weight excluding hydrogens is 182 g/mol. The molecule has 1 heterocycles. The molecule has 0 aliphatic rings. The van der Waals surface area contributed by atoms with Gasteiger partial charge in [0.05, 0.1) is 11.3 Å². The number of aryl methyl sites for hydroxylation is 1. The highest BCUT2D eigenvalue weighted by Gasteiger charge is 2.12. The smallest absolute Gasteiger partial charge is 0.261 e. The summed E-state index contributed by atoms with van der Waals surface area (Å²) in [7, 11) is 0. The number of phenols is 1. The topological polar surface area (TPSA) is 85.2 Å². The van der Waals surface area contributed by atoms with Crippen molar-refractivity contribution in [3.63, 3.8) is 0 Å². The third kappa shape index (κ3) is 1.28. The van der Waals surface area contributed by atoms with Crippen molar-refractivity contribution >= 4 is 5.69 Å². The molecule has 1 aromatic carbocycles. The Bertz CT molecular complexity index is 465. The number of phenolic OH excluding ortho intramolecular Hbond substituents is 1. The highest BCUT2D eigenvalue weighted by Crippen LogP contribution is 2.32. The maximum absolute atomic E-state index is 9.61. The Kier molecular flexibility index (Phi) is 1.85. The summed E-state index contributed by atoms with van der Waals surface area (Å²) in [5.74, 6) is 0.755. The molecule has 0 saturated heterocycles. The molecule has 0 bridgehead atoms. The van der Waals surface area contributed by atoms with E-state index in [-0.39, 0.29) is 11.6 Å². The normalized spacial score (nSPS) is 10.4. The fourth-order valence-corrected chi connectivity index (χ4v) is 1.14. The fourth-order valence-electron chi connectivity index (χ4n) is 1.14. The lowest BCUT2D eigenvalue weighted by molar-refractivity contribution is 0.420. The van der Waals surface area contributed by atoms with Crippen LogP contribution >= 0.6 is 0 Å². The lowest BCUT2D eigenvalue weighted by atomic mass is 10.2. The molecule has 0 unspecified atom stereocenters. The zero-order valence-electron chi connectivity index (χ0n) is 7.56. The predicted molar refractivity (Wildman–Crippen MR) is 50.5 cm³/mol. The monoisotopic (exact) mass is 191 g/mol. The fraction of sp³-hybridized carbons (Fsp3) is 0.111. The van der Waals surface area contributed by atoms with E-state index in [1.54, 1.807) is 25.1 Å². The van der Waals surface area contributed by atoms with Gasteiger partial charge in [-0.05, 0) is 19.1 Å². The van der Waals surface area contributed by atoms with E-state index in [2.05, 4.69) is 10.1 Å². The van der Waals surface area contributed by atoms with Crippen molar-refractivity contribution in [2.75, 3.05) is 5.73 Å². The number of nitrogens with two attached hydrogens (primary N) is 1. The maximum Gasteiger partial charge on any atom is 0.261 e. The van der Waals surface area contributed by atoms with Gasteiger partial charge >= 0.3 is 0 Å². The van der Waals surface area contributed by atoms with Crippen LogP contribution in [0.5, 0.6) is 5.75 Å². The zero-order valence-corrected chi connectivity index (χ0v) is 7.56. The van der Waals surface area contributed by atoms with Crippen molar-refractivity contribution < 1.29 is 9.63 Å². The number of para-hydroxylation sites is 1. The Morgan fingerprint density at radius 3 is 2.86 bits per heavy atom. The SMILES string of the molecule is Cc1noc(-c2cccc(N)c2O)n1. The van der Waals surface area contributed by atoms with E-state index in [9.17, 15) is 5.11 Å². The summed E-state index contributed by atoms with van der Waals surface area (Å²) in [6.07, 6.45) is 0.